The summed E-state index contributed by atoms with van der Waals surface area (Å²) >= 11 is 1.40. The fraction of sp³-hybridized carbons (Fsp3) is 0.0769. The Balaban J connectivity index is 2.19. The number of nitrogens with two attached hydrogens (primary N) is 1. The van der Waals surface area contributed by atoms with Crippen LogP contribution >= 0.6 is 11.3 Å². The fourth-order valence-electron chi connectivity index (χ4n) is 1.32. The highest BCUT2D eigenvalue weighted by molar-refractivity contribution is 7.13. The van der Waals surface area contributed by atoms with Crippen LogP contribution in [0.15, 0.2) is 29.6 Å². The first-order chi connectivity index (χ1) is 8.69. The second-order valence-corrected chi connectivity index (χ2v) is 4.28. The van der Waals surface area contributed by atoms with Gasteiger partial charge in [0.2, 0.25) is 0 Å². The summed E-state index contributed by atoms with van der Waals surface area (Å²) in [6.45, 7) is 0. The summed E-state index contributed by atoms with van der Waals surface area (Å²) in [5, 5.41) is 2.43. The van der Waals surface area contributed by atoms with E-state index >= 15 is 0 Å². The highest BCUT2D eigenvalue weighted by Crippen LogP contribution is 2.22. The van der Waals surface area contributed by atoms with Crippen LogP contribution in [0, 0.1) is 11.8 Å². The van der Waals surface area contributed by atoms with Gasteiger partial charge in [-0.3, -0.25) is 0 Å². The zero-order chi connectivity index (χ0) is 13.0. The lowest BCUT2D eigenvalue weighted by atomic mass is 10.1. The molecule has 0 aliphatic rings. The number of aromatic nitrogens is 1. The Labute approximate surface area is 108 Å². The topological polar surface area (TPSA) is 65.2 Å². The lowest BCUT2D eigenvalue weighted by molar-refractivity contribution is -0.133. The van der Waals surface area contributed by atoms with E-state index in [1.165, 1.54) is 18.4 Å². The number of thiazole rings is 1. The zero-order valence-electron chi connectivity index (χ0n) is 9.64. The Morgan fingerprint density at radius 2 is 2.11 bits per heavy atom. The van der Waals surface area contributed by atoms with Crippen molar-refractivity contribution in [2.75, 3.05) is 12.8 Å². The van der Waals surface area contributed by atoms with E-state index in [2.05, 4.69) is 21.6 Å². The summed E-state index contributed by atoms with van der Waals surface area (Å²) in [4.78, 5) is 15.0. The minimum Gasteiger partial charge on any atom is -0.459 e. The van der Waals surface area contributed by atoms with Gasteiger partial charge in [0.05, 0.1) is 12.8 Å². The van der Waals surface area contributed by atoms with Crippen LogP contribution < -0.4 is 5.73 Å². The lowest BCUT2D eigenvalue weighted by Gasteiger charge is -1.96. The molecule has 0 saturated carbocycles. The van der Waals surface area contributed by atoms with Gasteiger partial charge in [-0.05, 0) is 12.1 Å². The standard InChI is InChI=1S/C13H10N2O2S/c1-17-12(16)7-4-9-2-5-10(6-3-9)11-8-18-13(14)15-11/h2-3,5-6,8H,1H3,(H2,14,15). The van der Waals surface area contributed by atoms with Crippen molar-refractivity contribution in [3.05, 3.63) is 35.2 Å². The molecular formula is C13H10N2O2S. The number of carbonyl (C=O) groups is 1. The van der Waals surface area contributed by atoms with Crippen LogP contribution in [0.4, 0.5) is 5.13 Å². The monoisotopic (exact) mass is 258 g/mol. The molecule has 0 bridgehead atoms. The Morgan fingerprint density at radius 3 is 2.67 bits per heavy atom. The van der Waals surface area contributed by atoms with E-state index in [1.807, 2.05) is 29.6 Å². The largest absolute Gasteiger partial charge is 0.459 e. The third kappa shape index (κ3) is 2.87. The maximum atomic E-state index is 10.9. The molecule has 0 unspecified atom stereocenters. The van der Waals surface area contributed by atoms with E-state index in [0.29, 0.717) is 5.13 Å². The van der Waals surface area contributed by atoms with Crippen molar-refractivity contribution in [3.8, 4) is 23.1 Å². The van der Waals surface area contributed by atoms with Crippen molar-refractivity contribution in [2.24, 2.45) is 0 Å². The van der Waals surface area contributed by atoms with Crippen molar-refractivity contribution in [1.82, 2.24) is 4.98 Å². The maximum Gasteiger partial charge on any atom is 0.384 e. The smallest absolute Gasteiger partial charge is 0.384 e. The van der Waals surface area contributed by atoms with Gasteiger partial charge in [0.1, 0.15) is 0 Å². The van der Waals surface area contributed by atoms with Crippen molar-refractivity contribution in [3.63, 3.8) is 0 Å². The number of anilines is 1. The molecule has 0 saturated heterocycles. The molecule has 1 aromatic heterocycles. The number of hydrogen-bond acceptors (Lipinski definition) is 5. The average molecular weight is 258 g/mol. The summed E-state index contributed by atoms with van der Waals surface area (Å²) in [6.07, 6.45) is 0. The van der Waals surface area contributed by atoms with Crippen LogP contribution in [0.1, 0.15) is 5.56 Å². The molecule has 2 rings (SSSR count). The predicted octanol–water partition coefficient (Wildman–Crippen LogP) is 1.92. The number of rotatable bonds is 1. The van der Waals surface area contributed by atoms with Crippen LogP contribution in [0.25, 0.3) is 11.3 Å². The molecule has 0 aliphatic carbocycles. The molecule has 5 heteroatoms. The predicted molar refractivity (Wildman–Crippen MR) is 70.9 cm³/mol. The number of carbonyl (C=O) groups excluding carboxylic acids is 1. The average Bonchev–Trinajstić information content (AvgIpc) is 2.83. The van der Waals surface area contributed by atoms with Crippen molar-refractivity contribution >= 4 is 22.4 Å². The van der Waals surface area contributed by atoms with Crippen molar-refractivity contribution in [1.29, 1.82) is 0 Å². The first-order valence-corrected chi connectivity index (χ1v) is 5.98. The van der Waals surface area contributed by atoms with Crippen LogP contribution in [0.5, 0.6) is 0 Å². The molecule has 18 heavy (non-hydrogen) atoms. The summed E-state index contributed by atoms with van der Waals surface area (Å²) in [5.74, 6) is 4.53. The van der Waals surface area contributed by atoms with E-state index < -0.39 is 5.97 Å². The third-order valence-electron chi connectivity index (χ3n) is 2.20. The number of ether oxygens (including phenoxy) is 1. The molecule has 2 N–H and O–H groups in total. The SMILES string of the molecule is COC(=O)C#Cc1ccc(-c2csc(N)n2)cc1. The number of methoxy groups -OCH3 is 1. The van der Waals surface area contributed by atoms with Gasteiger partial charge in [0.25, 0.3) is 0 Å². The molecular weight excluding hydrogens is 248 g/mol. The second-order valence-electron chi connectivity index (χ2n) is 3.39. The summed E-state index contributed by atoms with van der Waals surface area (Å²) in [6, 6.07) is 7.41. The molecule has 2 aromatic rings. The molecule has 0 fully saturated rings. The summed E-state index contributed by atoms with van der Waals surface area (Å²) < 4.78 is 4.43. The molecule has 1 heterocycles. The van der Waals surface area contributed by atoms with Gasteiger partial charge in [0.15, 0.2) is 5.13 Å². The molecule has 0 aliphatic heterocycles. The third-order valence-corrected chi connectivity index (χ3v) is 2.87. The van der Waals surface area contributed by atoms with E-state index in [-0.39, 0.29) is 0 Å². The van der Waals surface area contributed by atoms with Gasteiger partial charge < -0.3 is 10.5 Å². The van der Waals surface area contributed by atoms with E-state index in [0.717, 1.165) is 16.8 Å². The summed E-state index contributed by atoms with van der Waals surface area (Å²) in [7, 11) is 1.30. The van der Waals surface area contributed by atoms with Gasteiger partial charge in [0, 0.05) is 22.4 Å². The Hall–Kier alpha value is -2.32. The normalized spacial score (nSPS) is 9.39. The molecule has 4 nitrogen and oxygen atoms in total. The van der Waals surface area contributed by atoms with Gasteiger partial charge >= 0.3 is 5.97 Å². The van der Waals surface area contributed by atoms with Crippen molar-refractivity contribution in [2.45, 2.75) is 0 Å². The van der Waals surface area contributed by atoms with E-state index in [1.54, 1.807) is 0 Å². The quantitative estimate of drug-likeness (QED) is 0.627. The van der Waals surface area contributed by atoms with Gasteiger partial charge in [-0.25, -0.2) is 9.78 Å². The van der Waals surface area contributed by atoms with Gasteiger partial charge in [-0.1, -0.05) is 18.1 Å². The highest BCUT2D eigenvalue weighted by atomic mass is 32.1. The molecule has 0 amide bonds. The number of nitrogen functional groups attached to an aromatic ring is 1. The zero-order valence-corrected chi connectivity index (χ0v) is 10.5. The fourth-order valence-corrected chi connectivity index (χ4v) is 1.89. The molecule has 0 radical (unpaired) electrons. The Morgan fingerprint density at radius 1 is 1.39 bits per heavy atom. The van der Waals surface area contributed by atoms with Crippen LogP contribution in [-0.4, -0.2) is 18.1 Å². The van der Waals surface area contributed by atoms with Gasteiger partial charge in [-0.2, -0.15) is 0 Å². The number of nitrogens with zero attached hydrogens (tertiary/aromatic N) is 1. The van der Waals surface area contributed by atoms with E-state index in [4.69, 9.17) is 5.73 Å². The first-order valence-electron chi connectivity index (χ1n) is 5.10. The van der Waals surface area contributed by atoms with Gasteiger partial charge in [-0.15, -0.1) is 11.3 Å². The van der Waals surface area contributed by atoms with Crippen molar-refractivity contribution < 1.29 is 9.53 Å². The Bertz CT molecular complexity index is 620. The van der Waals surface area contributed by atoms with Crippen LogP contribution in [0.2, 0.25) is 0 Å². The maximum absolute atomic E-state index is 10.9. The molecule has 90 valence electrons. The number of hydrogen-bond donors (Lipinski definition) is 1. The number of esters is 1. The molecule has 1 aromatic carbocycles. The molecule has 0 spiro atoms. The van der Waals surface area contributed by atoms with Crippen LogP contribution in [0.3, 0.4) is 0 Å². The summed E-state index contributed by atoms with van der Waals surface area (Å²) in [5.41, 5.74) is 8.12. The lowest BCUT2D eigenvalue weighted by Crippen LogP contribution is -1.94. The minimum atomic E-state index is -0.550. The molecule has 0 atom stereocenters. The first kappa shape index (κ1) is 12.1. The Kier molecular flexibility index (Phi) is 3.60. The second kappa shape index (κ2) is 5.34. The minimum absolute atomic E-state index is 0.541. The van der Waals surface area contributed by atoms with Crippen LogP contribution in [-0.2, 0) is 9.53 Å². The van der Waals surface area contributed by atoms with E-state index in [9.17, 15) is 4.79 Å². The highest BCUT2D eigenvalue weighted by Gasteiger charge is 2.01. The number of benzene rings is 1.